The van der Waals surface area contributed by atoms with Crippen molar-refractivity contribution in [2.24, 2.45) is 0 Å². The van der Waals surface area contributed by atoms with Crippen LogP contribution in [0.4, 0.5) is 17.1 Å². The topological polar surface area (TPSA) is 120 Å². The van der Waals surface area contributed by atoms with Crippen LogP contribution < -0.4 is 20.1 Å². The van der Waals surface area contributed by atoms with Gasteiger partial charge in [-0.15, -0.1) is 0 Å². The molecule has 0 aliphatic rings. The molecule has 0 atom stereocenters. The van der Waals surface area contributed by atoms with E-state index in [-0.39, 0.29) is 22.9 Å². The first-order valence-electron chi connectivity index (χ1n) is 9.11. The fourth-order valence-corrected chi connectivity index (χ4v) is 2.81. The van der Waals surface area contributed by atoms with Gasteiger partial charge in [0.25, 0.3) is 11.8 Å². The molecule has 9 nitrogen and oxygen atoms in total. The average molecular weight is 421 g/mol. The molecule has 0 aliphatic carbocycles. The summed E-state index contributed by atoms with van der Waals surface area (Å²) >= 11 is 0. The molecule has 0 saturated carbocycles. The minimum Gasteiger partial charge on any atom is -0.497 e. The van der Waals surface area contributed by atoms with Crippen LogP contribution in [0.2, 0.25) is 0 Å². The molecule has 2 N–H and O–H groups in total. The van der Waals surface area contributed by atoms with Gasteiger partial charge in [0, 0.05) is 17.2 Å². The van der Waals surface area contributed by atoms with Gasteiger partial charge in [-0.1, -0.05) is 12.1 Å². The molecule has 158 valence electrons. The summed E-state index contributed by atoms with van der Waals surface area (Å²) in [5, 5.41) is 16.6. The quantitative estimate of drug-likeness (QED) is 0.437. The Hall–Kier alpha value is -4.40. The number of nitrogens with zero attached hydrogens (tertiary/aromatic N) is 1. The molecule has 3 aromatic rings. The molecule has 0 unspecified atom stereocenters. The number of nitro benzene ring substituents is 1. The van der Waals surface area contributed by atoms with Crippen molar-refractivity contribution in [3.63, 3.8) is 0 Å². The maximum atomic E-state index is 12.7. The second-order valence-corrected chi connectivity index (χ2v) is 6.33. The van der Waals surface area contributed by atoms with Crippen molar-refractivity contribution >= 4 is 28.9 Å². The van der Waals surface area contributed by atoms with Crippen molar-refractivity contribution in [3.8, 4) is 11.5 Å². The molecule has 0 heterocycles. The molecular weight excluding hydrogens is 402 g/mol. The Balaban J connectivity index is 1.80. The molecule has 31 heavy (non-hydrogen) atoms. The fourth-order valence-electron chi connectivity index (χ4n) is 2.81. The van der Waals surface area contributed by atoms with Crippen LogP contribution >= 0.6 is 0 Å². The van der Waals surface area contributed by atoms with Gasteiger partial charge in [0.05, 0.1) is 30.5 Å². The van der Waals surface area contributed by atoms with E-state index in [1.165, 1.54) is 26.4 Å². The number of carbonyl (C=O) groups is 2. The number of ether oxygens (including phenoxy) is 2. The zero-order valence-corrected chi connectivity index (χ0v) is 16.7. The van der Waals surface area contributed by atoms with E-state index in [1.54, 1.807) is 48.5 Å². The van der Waals surface area contributed by atoms with Crippen LogP contribution in [-0.4, -0.2) is 31.0 Å². The molecular formula is C22H19N3O6. The number of carbonyl (C=O) groups excluding carboxylic acids is 2. The third kappa shape index (κ3) is 4.96. The Morgan fingerprint density at radius 3 is 1.87 bits per heavy atom. The summed E-state index contributed by atoms with van der Waals surface area (Å²) in [7, 11) is 2.84. The Labute approximate surface area is 177 Å². The van der Waals surface area contributed by atoms with Gasteiger partial charge in [0.15, 0.2) is 5.75 Å². The SMILES string of the molecule is COc1ccc(C(=O)Nc2ccccc2NC(=O)c2ccc(OC)c([N+](=O)[O-])c2)cc1. The van der Waals surface area contributed by atoms with Gasteiger partial charge in [-0.05, 0) is 48.5 Å². The third-order valence-corrected chi connectivity index (χ3v) is 4.41. The lowest BCUT2D eigenvalue weighted by molar-refractivity contribution is -0.385. The van der Waals surface area contributed by atoms with E-state index < -0.39 is 10.8 Å². The normalized spacial score (nSPS) is 10.1. The predicted octanol–water partition coefficient (Wildman–Crippen LogP) is 4.12. The van der Waals surface area contributed by atoms with Crippen molar-refractivity contribution < 1.29 is 24.0 Å². The van der Waals surface area contributed by atoms with Gasteiger partial charge in [0.1, 0.15) is 5.75 Å². The number of anilines is 2. The van der Waals surface area contributed by atoms with Crippen LogP contribution in [-0.2, 0) is 0 Å². The van der Waals surface area contributed by atoms with Gasteiger partial charge < -0.3 is 20.1 Å². The molecule has 0 spiro atoms. The van der Waals surface area contributed by atoms with Crippen LogP contribution in [0, 0.1) is 10.1 Å². The van der Waals surface area contributed by atoms with E-state index in [9.17, 15) is 19.7 Å². The maximum absolute atomic E-state index is 12.7. The average Bonchev–Trinajstić information content (AvgIpc) is 2.79. The highest BCUT2D eigenvalue weighted by Gasteiger charge is 2.19. The molecule has 0 radical (unpaired) electrons. The molecule has 3 aromatic carbocycles. The summed E-state index contributed by atoms with van der Waals surface area (Å²) in [6, 6.07) is 17.1. The van der Waals surface area contributed by atoms with E-state index in [1.807, 2.05) is 0 Å². The van der Waals surface area contributed by atoms with Crippen LogP contribution in [0.25, 0.3) is 0 Å². The lowest BCUT2D eigenvalue weighted by Crippen LogP contribution is -2.17. The van der Waals surface area contributed by atoms with E-state index in [0.29, 0.717) is 22.7 Å². The standard InChI is InChI=1S/C22H19N3O6/c1-30-16-10-7-14(8-11-16)21(26)23-17-5-3-4-6-18(17)24-22(27)15-9-12-20(31-2)19(13-15)25(28)29/h3-13H,1-2H3,(H,23,26)(H,24,27). The van der Waals surface area contributed by atoms with Crippen LogP contribution in [0.1, 0.15) is 20.7 Å². The van der Waals surface area contributed by atoms with Gasteiger partial charge in [-0.2, -0.15) is 0 Å². The number of amides is 2. The summed E-state index contributed by atoms with van der Waals surface area (Å²) in [6.07, 6.45) is 0. The monoisotopic (exact) mass is 421 g/mol. The lowest BCUT2D eigenvalue weighted by atomic mass is 10.1. The number of methoxy groups -OCH3 is 2. The van der Waals surface area contributed by atoms with Gasteiger partial charge in [-0.3, -0.25) is 19.7 Å². The molecule has 0 aromatic heterocycles. The number of rotatable bonds is 7. The van der Waals surface area contributed by atoms with E-state index in [2.05, 4.69) is 10.6 Å². The highest BCUT2D eigenvalue weighted by atomic mass is 16.6. The van der Waals surface area contributed by atoms with Crippen molar-refractivity contribution in [1.29, 1.82) is 0 Å². The minimum atomic E-state index is -0.626. The molecule has 0 saturated heterocycles. The van der Waals surface area contributed by atoms with Gasteiger partial charge >= 0.3 is 5.69 Å². The minimum absolute atomic E-state index is 0.0497. The van der Waals surface area contributed by atoms with Crippen molar-refractivity contribution in [2.75, 3.05) is 24.9 Å². The highest BCUT2D eigenvalue weighted by molar-refractivity contribution is 6.10. The Kier molecular flexibility index (Phi) is 6.46. The summed E-state index contributed by atoms with van der Waals surface area (Å²) in [6.45, 7) is 0. The van der Waals surface area contributed by atoms with Crippen molar-refractivity contribution in [3.05, 3.63) is 88.0 Å². The zero-order chi connectivity index (χ0) is 22.4. The lowest BCUT2D eigenvalue weighted by Gasteiger charge is -2.13. The number of para-hydroxylation sites is 2. The molecule has 2 amide bonds. The van der Waals surface area contributed by atoms with E-state index >= 15 is 0 Å². The summed E-state index contributed by atoms with van der Waals surface area (Å²) < 4.78 is 10.0. The summed E-state index contributed by atoms with van der Waals surface area (Å²) in [5.41, 5.74) is 0.875. The van der Waals surface area contributed by atoms with Crippen LogP contribution in [0.15, 0.2) is 66.7 Å². The molecule has 0 fully saturated rings. The Morgan fingerprint density at radius 1 is 0.806 bits per heavy atom. The van der Waals surface area contributed by atoms with E-state index in [0.717, 1.165) is 6.07 Å². The molecule has 9 heteroatoms. The summed E-state index contributed by atoms with van der Waals surface area (Å²) in [5.74, 6) is -0.271. The Bertz CT molecular complexity index is 1130. The maximum Gasteiger partial charge on any atom is 0.311 e. The Morgan fingerprint density at radius 2 is 1.35 bits per heavy atom. The fraction of sp³-hybridized carbons (Fsp3) is 0.0909. The predicted molar refractivity (Wildman–Crippen MR) is 115 cm³/mol. The van der Waals surface area contributed by atoms with E-state index in [4.69, 9.17) is 9.47 Å². The van der Waals surface area contributed by atoms with Gasteiger partial charge in [-0.25, -0.2) is 0 Å². The largest absolute Gasteiger partial charge is 0.497 e. The molecule has 0 bridgehead atoms. The number of hydrogen-bond acceptors (Lipinski definition) is 6. The summed E-state index contributed by atoms with van der Waals surface area (Å²) in [4.78, 5) is 35.8. The van der Waals surface area contributed by atoms with Crippen molar-refractivity contribution in [1.82, 2.24) is 0 Å². The van der Waals surface area contributed by atoms with Gasteiger partial charge in [0.2, 0.25) is 0 Å². The zero-order valence-electron chi connectivity index (χ0n) is 16.7. The molecule has 3 rings (SSSR count). The number of benzene rings is 3. The first-order valence-corrected chi connectivity index (χ1v) is 9.11. The van der Waals surface area contributed by atoms with Crippen LogP contribution in [0.5, 0.6) is 11.5 Å². The first-order chi connectivity index (χ1) is 14.9. The number of hydrogen-bond donors (Lipinski definition) is 2. The highest BCUT2D eigenvalue weighted by Crippen LogP contribution is 2.29. The van der Waals surface area contributed by atoms with Crippen molar-refractivity contribution in [2.45, 2.75) is 0 Å². The smallest absolute Gasteiger partial charge is 0.311 e. The first kappa shape index (κ1) is 21.3. The van der Waals surface area contributed by atoms with Crippen LogP contribution in [0.3, 0.4) is 0 Å². The number of nitro groups is 1. The number of nitrogens with one attached hydrogen (secondary N) is 2. The second-order valence-electron chi connectivity index (χ2n) is 6.33. The molecule has 0 aliphatic heterocycles. The third-order valence-electron chi connectivity index (χ3n) is 4.41. The second kappa shape index (κ2) is 9.40.